The number of aromatic nitrogens is 6. The number of hydrogen-bond acceptors (Lipinski definition) is 7. The van der Waals surface area contributed by atoms with Gasteiger partial charge in [-0.05, 0) is 56.4 Å². The van der Waals surface area contributed by atoms with Crippen molar-refractivity contribution in [3.8, 4) is 11.3 Å². The largest absolute Gasteiger partial charge is 0.328 e. The number of nitrogens with zero attached hydrogens (tertiary/aromatic N) is 6. The Balaban J connectivity index is 1.28. The predicted molar refractivity (Wildman–Crippen MR) is 120 cm³/mol. The van der Waals surface area contributed by atoms with Crippen LogP contribution in [0.1, 0.15) is 24.2 Å². The van der Waals surface area contributed by atoms with Gasteiger partial charge in [-0.3, -0.25) is 13.9 Å². The number of aromatic amines is 1. The molecule has 0 unspecified atom stereocenters. The topological polar surface area (TPSA) is 87.0 Å². The number of likely N-dealkylation sites (tertiary alicyclic amines) is 1. The van der Waals surface area contributed by atoms with Gasteiger partial charge in [0.1, 0.15) is 5.00 Å². The van der Waals surface area contributed by atoms with E-state index in [1.165, 1.54) is 11.5 Å². The van der Waals surface area contributed by atoms with E-state index in [0.29, 0.717) is 5.82 Å². The van der Waals surface area contributed by atoms with Crippen molar-refractivity contribution < 1.29 is 4.39 Å². The molecule has 4 aromatic rings. The zero-order chi connectivity index (χ0) is 21.2. The smallest absolute Gasteiger partial charge is 0.180 e. The van der Waals surface area contributed by atoms with Gasteiger partial charge in [-0.25, -0.2) is 9.97 Å². The SMILES string of the molecule is Cc1cn2c(-c3cn[nH]c3)cnc2c(Nc2cc(CCN3CCC(CF)CC3)ns2)n1. The van der Waals surface area contributed by atoms with Crippen molar-refractivity contribution >= 4 is 28.0 Å². The highest BCUT2D eigenvalue weighted by atomic mass is 32.1. The number of hydrogen-bond donors (Lipinski definition) is 2. The number of H-pyrrole nitrogens is 1. The molecule has 4 aromatic heterocycles. The molecule has 0 atom stereocenters. The van der Waals surface area contributed by atoms with E-state index in [9.17, 15) is 4.39 Å². The van der Waals surface area contributed by atoms with Crippen LogP contribution in [0.5, 0.6) is 0 Å². The van der Waals surface area contributed by atoms with Gasteiger partial charge in [0.05, 0.1) is 36.2 Å². The molecule has 0 spiro atoms. The van der Waals surface area contributed by atoms with Crippen molar-refractivity contribution in [2.45, 2.75) is 26.2 Å². The van der Waals surface area contributed by atoms with E-state index in [2.05, 4.69) is 40.8 Å². The molecule has 10 heteroatoms. The zero-order valence-corrected chi connectivity index (χ0v) is 18.2. The molecule has 162 valence electrons. The lowest BCUT2D eigenvalue weighted by molar-refractivity contribution is 0.166. The van der Waals surface area contributed by atoms with Gasteiger partial charge in [0.15, 0.2) is 11.5 Å². The summed E-state index contributed by atoms with van der Waals surface area (Å²) in [4.78, 5) is 11.6. The van der Waals surface area contributed by atoms with E-state index < -0.39 is 0 Å². The van der Waals surface area contributed by atoms with Crippen molar-refractivity contribution in [1.29, 1.82) is 0 Å². The van der Waals surface area contributed by atoms with E-state index in [1.54, 1.807) is 6.20 Å². The molecule has 1 saturated heterocycles. The first-order valence-electron chi connectivity index (χ1n) is 10.5. The maximum Gasteiger partial charge on any atom is 0.180 e. The number of halogens is 1. The van der Waals surface area contributed by atoms with Gasteiger partial charge in [0, 0.05) is 30.9 Å². The Hall–Kier alpha value is -2.85. The summed E-state index contributed by atoms with van der Waals surface area (Å²) in [6.07, 6.45) is 10.2. The number of fused-ring (bicyclic) bond motifs is 1. The summed E-state index contributed by atoms with van der Waals surface area (Å²) in [6, 6.07) is 2.08. The normalized spacial score (nSPS) is 15.7. The summed E-state index contributed by atoms with van der Waals surface area (Å²) in [5, 5.41) is 11.2. The average Bonchev–Trinajstić information content (AvgIpc) is 3.53. The van der Waals surface area contributed by atoms with Crippen LogP contribution in [-0.2, 0) is 6.42 Å². The Morgan fingerprint density at radius 2 is 2.16 bits per heavy atom. The first-order valence-corrected chi connectivity index (χ1v) is 11.3. The van der Waals surface area contributed by atoms with Crippen LogP contribution in [0.3, 0.4) is 0 Å². The highest BCUT2D eigenvalue weighted by molar-refractivity contribution is 7.10. The fraction of sp³-hybridized carbons (Fsp3) is 0.429. The van der Waals surface area contributed by atoms with Gasteiger partial charge >= 0.3 is 0 Å². The van der Waals surface area contributed by atoms with E-state index in [-0.39, 0.29) is 12.6 Å². The Bertz CT molecular complexity index is 1140. The standard InChI is InChI=1S/C21H25FN8S/c1-14-13-30-18(16-10-24-25-11-16)12-23-21(30)20(26-14)27-19-8-17(28-31-19)4-7-29-5-2-15(9-22)3-6-29/h8,10-13,15H,2-7,9H2,1H3,(H,24,25)(H,26,27). The summed E-state index contributed by atoms with van der Waals surface area (Å²) in [5.74, 6) is 0.958. The second kappa shape index (κ2) is 8.72. The molecule has 0 radical (unpaired) electrons. The predicted octanol–water partition coefficient (Wildman–Crippen LogP) is 3.85. The Morgan fingerprint density at radius 3 is 2.94 bits per heavy atom. The Kier molecular flexibility index (Phi) is 5.65. The van der Waals surface area contributed by atoms with E-state index in [1.807, 2.05) is 29.9 Å². The molecule has 5 heterocycles. The summed E-state index contributed by atoms with van der Waals surface area (Å²) >= 11 is 1.43. The van der Waals surface area contributed by atoms with Gasteiger partial charge in [-0.15, -0.1) is 0 Å². The number of piperidine rings is 1. The van der Waals surface area contributed by atoms with E-state index in [0.717, 1.165) is 72.2 Å². The highest BCUT2D eigenvalue weighted by Gasteiger charge is 2.19. The fourth-order valence-corrected chi connectivity index (χ4v) is 4.73. The molecule has 0 aliphatic carbocycles. The van der Waals surface area contributed by atoms with Crippen LogP contribution >= 0.6 is 11.5 Å². The summed E-state index contributed by atoms with van der Waals surface area (Å²) in [5.41, 5.74) is 4.64. The number of nitrogens with one attached hydrogen (secondary N) is 2. The Labute approximate surface area is 183 Å². The molecule has 0 bridgehead atoms. The molecule has 0 aromatic carbocycles. The molecule has 0 amide bonds. The molecular formula is C21H25FN8S. The van der Waals surface area contributed by atoms with Crippen LogP contribution < -0.4 is 5.32 Å². The summed E-state index contributed by atoms with van der Waals surface area (Å²) < 4.78 is 19.4. The van der Waals surface area contributed by atoms with E-state index >= 15 is 0 Å². The van der Waals surface area contributed by atoms with Gasteiger partial charge in [0.25, 0.3) is 0 Å². The van der Waals surface area contributed by atoms with Crippen molar-refractivity contribution in [2.24, 2.45) is 5.92 Å². The number of rotatable bonds is 7. The molecule has 8 nitrogen and oxygen atoms in total. The van der Waals surface area contributed by atoms with E-state index in [4.69, 9.17) is 0 Å². The molecule has 5 rings (SSSR count). The van der Waals surface area contributed by atoms with Crippen LogP contribution in [-0.4, -0.2) is 60.1 Å². The third-order valence-corrected chi connectivity index (χ3v) is 6.56. The third kappa shape index (κ3) is 4.31. The van der Waals surface area contributed by atoms with Gasteiger partial charge < -0.3 is 10.2 Å². The van der Waals surface area contributed by atoms with Crippen LogP contribution in [0.15, 0.2) is 30.9 Å². The number of anilines is 2. The second-order valence-corrected chi connectivity index (χ2v) is 8.86. The van der Waals surface area contributed by atoms with Gasteiger partial charge in [-0.1, -0.05) is 0 Å². The van der Waals surface area contributed by atoms with Crippen LogP contribution in [0.4, 0.5) is 15.2 Å². The maximum absolute atomic E-state index is 12.8. The van der Waals surface area contributed by atoms with Crippen molar-refractivity contribution in [3.63, 3.8) is 0 Å². The summed E-state index contributed by atoms with van der Waals surface area (Å²) in [6.45, 7) is 4.70. The number of alkyl halides is 1. The van der Waals surface area contributed by atoms with Crippen molar-refractivity contribution in [3.05, 3.63) is 42.2 Å². The van der Waals surface area contributed by atoms with Crippen molar-refractivity contribution in [1.82, 2.24) is 33.8 Å². The third-order valence-electron chi connectivity index (χ3n) is 5.82. The molecule has 1 aliphatic heterocycles. The molecular weight excluding hydrogens is 415 g/mol. The summed E-state index contributed by atoms with van der Waals surface area (Å²) in [7, 11) is 0. The minimum absolute atomic E-state index is 0.185. The number of imidazole rings is 1. The zero-order valence-electron chi connectivity index (χ0n) is 17.4. The number of aryl methyl sites for hydroxylation is 1. The minimum atomic E-state index is -0.185. The monoisotopic (exact) mass is 440 g/mol. The van der Waals surface area contributed by atoms with Crippen molar-refractivity contribution in [2.75, 3.05) is 31.6 Å². The minimum Gasteiger partial charge on any atom is -0.328 e. The fourth-order valence-electron chi connectivity index (χ4n) is 4.04. The lowest BCUT2D eigenvalue weighted by atomic mass is 9.98. The quantitative estimate of drug-likeness (QED) is 0.454. The first kappa shape index (κ1) is 20.1. The highest BCUT2D eigenvalue weighted by Crippen LogP contribution is 2.27. The molecule has 31 heavy (non-hydrogen) atoms. The first-order chi connectivity index (χ1) is 15.2. The molecule has 0 saturated carbocycles. The van der Waals surface area contributed by atoms with Crippen LogP contribution in [0.2, 0.25) is 0 Å². The van der Waals surface area contributed by atoms with Gasteiger partial charge in [0.2, 0.25) is 0 Å². The molecule has 1 fully saturated rings. The lowest BCUT2D eigenvalue weighted by Gasteiger charge is -2.30. The van der Waals surface area contributed by atoms with Crippen LogP contribution in [0.25, 0.3) is 16.9 Å². The van der Waals surface area contributed by atoms with Gasteiger partial charge in [-0.2, -0.15) is 9.47 Å². The second-order valence-electron chi connectivity index (χ2n) is 8.05. The molecule has 1 aliphatic rings. The lowest BCUT2D eigenvalue weighted by Crippen LogP contribution is -2.35. The van der Waals surface area contributed by atoms with Crippen LogP contribution in [0, 0.1) is 12.8 Å². The Morgan fingerprint density at radius 1 is 1.29 bits per heavy atom. The maximum atomic E-state index is 12.8. The molecule has 2 N–H and O–H groups in total. The average molecular weight is 441 g/mol.